The van der Waals surface area contributed by atoms with E-state index in [9.17, 15) is 22.8 Å². The maximum Gasteiger partial charge on any atom is 0.416 e. The number of rotatable bonds is 6. The van der Waals surface area contributed by atoms with Gasteiger partial charge in [0.25, 0.3) is 5.91 Å². The summed E-state index contributed by atoms with van der Waals surface area (Å²) in [6.45, 7) is -1.02. The van der Waals surface area contributed by atoms with Gasteiger partial charge in [-0.15, -0.1) is 0 Å². The second-order valence-electron chi connectivity index (χ2n) is 5.03. The van der Waals surface area contributed by atoms with Crippen molar-refractivity contribution in [2.24, 2.45) is 0 Å². The minimum Gasteiger partial charge on any atom is -0.482 e. The number of esters is 1. The number of carbonyl (C=O) groups excluding carboxylic acids is 2. The zero-order valence-electron chi connectivity index (χ0n) is 13.2. The van der Waals surface area contributed by atoms with E-state index in [0.717, 1.165) is 24.3 Å². The first-order valence-electron chi connectivity index (χ1n) is 7.25. The molecule has 0 saturated heterocycles. The van der Waals surface area contributed by atoms with Gasteiger partial charge >= 0.3 is 12.1 Å². The van der Waals surface area contributed by atoms with Gasteiger partial charge in [-0.25, -0.2) is 4.79 Å². The minimum absolute atomic E-state index is 0.147. The third kappa shape index (κ3) is 6.29. The van der Waals surface area contributed by atoms with Crippen LogP contribution in [0.4, 0.5) is 18.9 Å². The molecule has 1 amide bonds. The van der Waals surface area contributed by atoms with Gasteiger partial charge in [-0.2, -0.15) is 13.2 Å². The van der Waals surface area contributed by atoms with Crippen LogP contribution in [0.1, 0.15) is 5.56 Å². The fourth-order valence-corrected chi connectivity index (χ4v) is 2.01. The topological polar surface area (TPSA) is 64.6 Å². The molecule has 0 aliphatic heterocycles. The van der Waals surface area contributed by atoms with E-state index in [1.165, 1.54) is 6.07 Å². The van der Waals surface area contributed by atoms with Crippen LogP contribution < -0.4 is 10.1 Å². The summed E-state index contributed by atoms with van der Waals surface area (Å²) in [6, 6.07) is 10.2. The fraction of sp³-hybridized carbons (Fsp3) is 0.176. The molecule has 2 aromatic carbocycles. The molecular formula is C17H13ClF3NO4. The first-order chi connectivity index (χ1) is 12.2. The molecule has 2 aromatic rings. The predicted molar refractivity (Wildman–Crippen MR) is 88.0 cm³/mol. The summed E-state index contributed by atoms with van der Waals surface area (Å²) in [5, 5.41) is 2.75. The standard InChI is InChI=1S/C17H13ClF3NO4/c18-12-2-1-3-14(8-12)25-10-16(24)26-9-15(23)22-13-6-4-11(5-7-13)17(19,20)21/h1-8H,9-10H2,(H,22,23). The maximum atomic E-state index is 12.4. The average molecular weight is 388 g/mol. The highest BCUT2D eigenvalue weighted by molar-refractivity contribution is 6.30. The van der Waals surface area contributed by atoms with Crippen molar-refractivity contribution in [1.82, 2.24) is 0 Å². The molecule has 0 spiro atoms. The van der Waals surface area contributed by atoms with Crippen molar-refractivity contribution in [3.05, 3.63) is 59.1 Å². The molecule has 0 fully saturated rings. The lowest BCUT2D eigenvalue weighted by atomic mass is 10.2. The third-order valence-corrected chi connectivity index (χ3v) is 3.25. The van der Waals surface area contributed by atoms with Crippen molar-refractivity contribution >= 4 is 29.2 Å². The first kappa shape index (κ1) is 19.6. The zero-order chi connectivity index (χ0) is 19.2. The predicted octanol–water partition coefficient (Wildman–Crippen LogP) is 3.92. The molecule has 0 radical (unpaired) electrons. The van der Waals surface area contributed by atoms with Crippen molar-refractivity contribution in [2.75, 3.05) is 18.5 Å². The van der Waals surface area contributed by atoms with Gasteiger partial charge in [0, 0.05) is 10.7 Å². The Morgan fingerprint density at radius 3 is 2.35 bits per heavy atom. The summed E-state index contributed by atoms with van der Waals surface area (Å²) >= 11 is 5.76. The molecule has 5 nitrogen and oxygen atoms in total. The number of anilines is 1. The quantitative estimate of drug-likeness (QED) is 0.763. The molecule has 26 heavy (non-hydrogen) atoms. The number of hydrogen-bond donors (Lipinski definition) is 1. The SMILES string of the molecule is O=C(COC(=O)COc1cccc(Cl)c1)Nc1ccc(C(F)(F)F)cc1. The summed E-state index contributed by atoms with van der Waals surface area (Å²) in [4.78, 5) is 23.2. The summed E-state index contributed by atoms with van der Waals surface area (Å²) < 4.78 is 47.2. The smallest absolute Gasteiger partial charge is 0.416 e. The molecule has 0 unspecified atom stereocenters. The molecule has 9 heteroatoms. The maximum absolute atomic E-state index is 12.4. The molecule has 0 bridgehead atoms. The van der Waals surface area contributed by atoms with E-state index in [0.29, 0.717) is 10.8 Å². The molecule has 1 N–H and O–H groups in total. The van der Waals surface area contributed by atoms with Gasteiger partial charge in [0.05, 0.1) is 5.56 Å². The van der Waals surface area contributed by atoms with E-state index >= 15 is 0 Å². The second-order valence-corrected chi connectivity index (χ2v) is 5.47. The van der Waals surface area contributed by atoms with Gasteiger partial charge in [-0.3, -0.25) is 4.79 Å². The number of alkyl halides is 3. The Balaban J connectivity index is 1.75. The molecule has 138 valence electrons. The van der Waals surface area contributed by atoms with Gasteiger partial charge in [-0.1, -0.05) is 17.7 Å². The van der Waals surface area contributed by atoms with Gasteiger partial charge in [0.1, 0.15) is 5.75 Å². The number of carbonyl (C=O) groups is 2. The van der Waals surface area contributed by atoms with E-state index in [1.807, 2.05) is 0 Å². The monoisotopic (exact) mass is 387 g/mol. The number of halogens is 4. The molecular weight excluding hydrogens is 375 g/mol. The molecule has 0 aliphatic rings. The number of nitrogens with one attached hydrogen (secondary N) is 1. The Hall–Kier alpha value is -2.74. The molecule has 0 saturated carbocycles. The van der Waals surface area contributed by atoms with E-state index < -0.39 is 36.8 Å². The Labute approximate surface area is 151 Å². The second kappa shape index (κ2) is 8.57. The third-order valence-electron chi connectivity index (χ3n) is 3.01. The molecule has 2 rings (SSSR count). The van der Waals surface area contributed by atoms with Crippen LogP contribution in [-0.4, -0.2) is 25.1 Å². The number of amides is 1. The normalized spacial score (nSPS) is 10.9. The lowest BCUT2D eigenvalue weighted by Gasteiger charge is -2.09. The number of ether oxygens (including phenoxy) is 2. The van der Waals surface area contributed by atoms with Crippen LogP contribution in [0.2, 0.25) is 5.02 Å². The van der Waals surface area contributed by atoms with E-state index in [-0.39, 0.29) is 5.69 Å². The van der Waals surface area contributed by atoms with Crippen molar-refractivity contribution in [3.63, 3.8) is 0 Å². The van der Waals surface area contributed by atoms with Crippen LogP contribution in [0.25, 0.3) is 0 Å². The Kier molecular flexibility index (Phi) is 6.46. The Morgan fingerprint density at radius 1 is 1.04 bits per heavy atom. The van der Waals surface area contributed by atoms with Crippen molar-refractivity contribution in [3.8, 4) is 5.75 Å². The van der Waals surface area contributed by atoms with Crippen LogP contribution in [0.15, 0.2) is 48.5 Å². The number of benzene rings is 2. The van der Waals surface area contributed by atoms with E-state index in [1.54, 1.807) is 18.2 Å². The number of hydrogen-bond acceptors (Lipinski definition) is 4. The van der Waals surface area contributed by atoms with Crippen molar-refractivity contribution in [2.45, 2.75) is 6.18 Å². The van der Waals surface area contributed by atoms with Crippen LogP contribution in [-0.2, 0) is 20.5 Å². The average Bonchev–Trinajstić information content (AvgIpc) is 2.58. The summed E-state index contributed by atoms with van der Waals surface area (Å²) in [7, 11) is 0. The van der Waals surface area contributed by atoms with Gasteiger partial charge in [0.2, 0.25) is 0 Å². The van der Waals surface area contributed by atoms with Gasteiger partial charge in [0.15, 0.2) is 13.2 Å². The summed E-state index contributed by atoms with van der Waals surface area (Å²) in [5.74, 6) is -1.11. The molecule has 0 atom stereocenters. The van der Waals surface area contributed by atoms with E-state index in [4.69, 9.17) is 21.1 Å². The zero-order valence-corrected chi connectivity index (χ0v) is 13.9. The highest BCUT2D eigenvalue weighted by atomic mass is 35.5. The highest BCUT2D eigenvalue weighted by Gasteiger charge is 2.29. The summed E-state index contributed by atoms with van der Waals surface area (Å²) in [5.41, 5.74) is -0.686. The lowest BCUT2D eigenvalue weighted by Crippen LogP contribution is -2.23. The van der Waals surface area contributed by atoms with Crippen LogP contribution in [0, 0.1) is 0 Å². The van der Waals surface area contributed by atoms with Crippen molar-refractivity contribution < 1.29 is 32.2 Å². The lowest BCUT2D eigenvalue weighted by molar-refractivity contribution is -0.149. The largest absolute Gasteiger partial charge is 0.482 e. The molecule has 0 aliphatic carbocycles. The Morgan fingerprint density at radius 2 is 1.73 bits per heavy atom. The molecule has 0 aromatic heterocycles. The van der Waals surface area contributed by atoms with Crippen LogP contribution in [0.3, 0.4) is 0 Å². The minimum atomic E-state index is -4.46. The Bertz CT molecular complexity index is 778. The summed E-state index contributed by atoms with van der Waals surface area (Å²) in [6.07, 6.45) is -4.46. The van der Waals surface area contributed by atoms with Gasteiger partial charge < -0.3 is 14.8 Å². The van der Waals surface area contributed by atoms with E-state index in [2.05, 4.69) is 5.32 Å². The van der Waals surface area contributed by atoms with Crippen molar-refractivity contribution in [1.29, 1.82) is 0 Å². The van der Waals surface area contributed by atoms with Gasteiger partial charge in [-0.05, 0) is 42.5 Å². The molecule has 0 heterocycles. The van der Waals surface area contributed by atoms with Crippen LogP contribution >= 0.6 is 11.6 Å². The fourth-order valence-electron chi connectivity index (χ4n) is 1.83. The highest BCUT2D eigenvalue weighted by Crippen LogP contribution is 2.29. The van der Waals surface area contributed by atoms with Crippen LogP contribution in [0.5, 0.6) is 5.75 Å². The first-order valence-corrected chi connectivity index (χ1v) is 7.63.